The first-order valence-corrected chi connectivity index (χ1v) is 6.75. The number of carbonyl (C=O) groups is 1. The first kappa shape index (κ1) is 15.2. The number of carbonyl (C=O) groups excluding carboxylic acids is 1. The lowest BCUT2D eigenvalue weighted by Crippen LogP contribution is -2.27. The van der Waals surface area contributed by atoms with Gasteiger partial charge in [0.2, 0.25) is 5.91 Å². The van der Waals surface area contributed by atoms with Crippen LogP contribution in [0.15, 0.2) is 24.3 Å². The average molecular weight is 258 g/mol. The smallest absolute Gasteiger partial charge is 0.220 e. The van der Waals surface area contributed by atoms with E-state index in [9.17, 15) is 10.1 Å². The molecule has 0 radical (unpaired) electrons. The van der Waals surface area contributed by atoms with Crippen LogP contribution in [0.3, 0.4) is 0 Å². The molecule has 0 bridgehead atoms. The number of nitrogens with one attached hydrogen (secondary N) is 1. The number of aryl methyl sites for hydroxylation is 1. The highest BCUT2D eigenvalue weighted by Gasteiger charge is 2.12. The molecular weight excluding hydrogens is 236 g/mol. The lowest BCUT2D eigenvalue weighted by molar-refractivity contribution is -0.121. The molecule has 0 aromatic heterocycles. The normalized spacial score (nSPS) is 11.9. The molecule has 0 aliphatic carbocycles. The van der Waals surface area contributed by atoms with Crippen molar-refractivity contribution in [2.75, 3.05) is 6.54 Å². The van der Waals surface area contributed by atoms with Gasteiger partial charge >= 0.3 is 0 Å². The molecule has 1 amide bonds. The molecule has 0 saturated carbocycles. The summed E-state index contributed by atoms with van der Waals surface area (Å²) < 4.78 is 0. The van der Waals surface area contributed by atoms with Crippen molar-refractivity contribution in [3.8, 4) is 6.07 Å². The number of benzene rings is 1. The van der Waals surface area contributed by atoms with Gasteiger partial charge in [-0.25, -0.2) is 0 Å². The highest BCUT2D eigenvalue weighted by Crippen LogP contribution is 2.20. The Morgan fingerprint density at radius 3 is 2.47 bits per heavy atom. The molecule has 0 aliphatic rings. The summed E-state index contributed by atoms with van der Waals surface area (Å²) in [5.41, 5.74) is 2.17. The molecule has 1 atom stereocenters. The molecule has 0 spiro atoms. The summed E-state index contributed by atoms with van der Waals surface area (Å²) in [6.07, 6.45) is 0.975. The topological polar surface area (TPSA) is 52.9 Å². The van der Waals surface area contributed by atoms with Gasteiger partial charge in [-0.2, -0.15) is 5.26 Å². The second-order valence-corrected chi connectivity index (χ2v) is 5.33. The molecule has 102 valence electrons. The third kappa shape index (κ3) is 5.56. The number of rotatable bonds is 6. The fourth-order valence-electron chi connectivity index (χ4n) is 1.79. The first-order chi connectivity index (χ1) is 9.02. The van der Waals surface area contributed by atoms with Crippen molar-refractivity contribution in [2.24, 2.45) is 5.92 Å². The predicted molar refractivity (Wildman–Crippen MR) is 76.6 cm³/mol. The van der Waals surface area contributed by atoms with Gasteiger partial charge in [-0.15, -0.1) is 0 Å². The summed E-state index contributed by atoms with van der Waals surface area (Å²) in [4.78, 5) is 11.6. The Morgan fingerprint density at radius 2 is 1.95 bits per heavy atom. The van der Waals surface area contributed by atoms with Crippen LogP contribution in [0.4, 0.5) is 0 Å². The molecule has 0 aliphatic heterocycles. The molecule has 1 aromatic rings. The van der Waals surface area contributed by atoms with E-state index in [0.29, 0.717) is 25.3 Å². The maximum Gasteiger partial charge on any atom is 0.220 e. The van der Waals surface area contributed by atoms with Crippen LogP contribution in [0, 0.1) is 24.2 Å². The number of nitriles is 1. The monoisotopic (exact) mass is 258 g/mol. The van der Waals surface area contributed by atoms with Gasteiger partial charge in [-0.1, -0.05) is 43.7 Å². The summed E-state index contributed by atoms with van der Waals surface area (Å²) >= 11 is 0. The van der Waals surface area contributed by atoms with Gasteiger partial charge in [-0.05, 0) is 24.8 Å². The molecule has 0 saturated heterocycles. The molecule has 3 nitrogen and oxygen atoms in total. The maximum absolute atomic E-state index is 11.6. The van der Waals surface area contributed by atoms with Crippen molar-refractivity contribution in [3.63, 3.8) is 0 Å². The Labute approximate surface area is 115 Å². The number of hydrogen-bond acceptors (Lipinski definition) is 2. The van der Waals surface area contributed by atoms with E-state index in [-0.39, 0.29) is 11.8 Å². The Balaban J connectivity index is 2.47. The molecule has 19 heavy (non-hydrogen) atoms. The van der Waals surface area contributed by atoms with Gasteiger partial charge in [-0.3, -0.25) is 4.79 Å². The van der Waals surface area contributed by atoms with Gasteiger partial charge < -0.3 is 5.32 Å². The van der Waals surface area contributed by atoms with E-state index in [2.05, 4.69) is 25.2 Å². The van der Waals surface area contributed by atoms with Crippen molar-refractivity contribution in [1.29, 1.82) is 5.26 Å². The van der Waals surface area contributed by atoms with Crippen LogP contribution >= 0.6 is 0 Å². The Bertz CT molecular complexity index is 443. The summed E-state index contributed by atoms with van der Waals surface area (Å²) in [6, 6.07) is 10.2. The van der Waals surface area contributed by atoms with E-state index in [1.165, 1.54) is 5.56 Å². The third-order valence-electron chi connectivity index (χ3n) is 3.00. The highest BCUT2D eigenvalue weighted by molar-refractivity contribution is 5.75. The third-order valence-corrected chi connectivity index (χ3v) is 3.00. The second kappa shape index (κ2) is 7.58. The number of nitrogens with zero attached hydrogens (tertiary/aromatic N) is 1. The largest absolute Gasteiger partial charge is 0.356 e. The summed E-state index contributed by atoms with van der Waals surface area (Å²) in [5, 5.41) is 12.1. The number of amides is 1. The van der Waals surface area contributed by atoms with E-state index in [4.69, 9.17) is 0 Å². The standard InChI is InChI=1S/C16H22N2O/c1-12(2)11-18-16(19)9-8-15(10-17)14-6-4-13(3)5-7-14/h4-7,12,15H,8-9,11H2,1-3H3,(H,18,19). The number of hydrogen-bond donors (Lipinski definition) is 1. The highest BCUT2D eigenvalue weighted by atomic mass is 16.1. The van der Waals surface area contributed by atoms with Crippen LogP contribution in [0.25, 0.3) is 0 Å². The van der Waals surface area contributed by atoms with E-state index < -0.39 is 0 Å². The van der Waals surface area contributed by atoms with E-state index in [0.717, 1.165) is 5.56 Å². The predicted octanol–water partition coefficient (Wildman–Crippen LogP) is 3.15. The van der Waals surface area contributed by atoms with Gasteiger partial charge in [0.05, 0.1) is 12.0 Å². The molecule has 1 rings (SSSR count). The Kier molecular flexibility index (Phi) is 6.08. The minimum atomic E-state index is -0.203. The summed E-state index contributed by atoms with van der Waals surface area (Å²) in [7, 11) is 0. The maximum atomic E-state index is 11.6. The van der Waals surface area contributed by atoms with Crippen LogP contribution < -0.4 is 5.32 Å². The molecule has 1 N–H and O–H groups in total. The summed E-state index contributed by atoms with van der Waals surface area (Å²) in [6.45, 7) is 6.83. The van der Waals surface area contributed by atoms with Crippen LogP contribution in [-0.2, 0) is 4.79 Å². The van der Waals surface area contributed by atoms with E-state index in [1.54, 1.807) is 0 Å². The molecule has 1 unspecified atom stereocenters. The SMILES string of the molecule is Cc1ccc(C(C#N)CCC(=O)NCC(C)C)cc1. The Hall–Kier alpha value is -1.82. The zero-order valence-corrected chi connectivity index (χ0v) is 11.9. The first-order valence-electron chi connectivity index (χ1n) is 6.75. The fraction of sp³-hybridized carbons (Fsp3) is 0.500. The Morgan fingerprint density at radius 1 is 1.32 bits per heavy atom. The van der Waals surface area contributed by atoms with Crippen LogP contribution in [0.2, 0.25) is 0 Å². The minimum Gasteiger partial charge on any atom is -0.356 e. The van der Waals surface area contributed by atoms with Crippen molar-refractivity contribution in [1.82, 2.24) is 5.32 Å². The molecule has 0 heterocycles. The molecule has 3 heteroatoms. The van der Waals surface area contributed by atoms with Crippen molar-refractivity contribution < 1.29 is 4.79 Å². The van der Waals surface area contributed by atoms with Gasteiger partial charge in [0.25, 0.3) is 0 Å². The average Bonchev–Trinajstić information content (AvgIpc) is 2.39. The van der Waals surface area contributed by atoms with Crippen LogP contribution in [0.1, 0.15) is 43.7 Å². The van der Waals surface area contributed by atoms with Gasteiger partial charge in [0, 0.05) is 13.0 Å². The van der Waals surface area contributed by atoms with Gasteiger partial charge in [0.1, 0.15) is 0 Å². The molecule has 1 aromatic carbocycles. The van der Waals surface area contributed by atoms with Crippen molar-refractivity contribution >= 4 is 5.91 Å². The minimum absolute atomic E-state index is 0.0288. The summed E-state index contributed by atoms with van der Waals surface area (Å²) in [5.74, 6) is 0.277. The lowest BCUT2D eigenvalue weighted by atomic mass is 9.95. The fourth-order valence-corrected chi connectivity index (χ4v) is 1.79. The zero-order chi connectivity index (χ0) is 14.3. The van der Waals surface area contributed by atoms with Gasteiger partial charge in [0.15, 0.2) is 0 Å². The van der Waals surface area contributed by atoms with Crippen LogP contribution in [-0.4, -0.2) is 12.5 Å². The quantitative estimate of drug-likeness (QED) is 0.852. The lowest BCUT2D eigenvalue weighted by Gasteiger charge is -2.11. The van der Waals surface area contributed by atoms with Crippen molar-refractivity contribution in [2.45, 2.75) is 39.5 Å². The van der Waals surface area contributed by atoms with E-state index in [1.807, 2.05) is 31.2 Å². The second-order valence-electron chi connectivity index (χ2n) is 5.33. The van der Waals surface area contributed by atoms with Crippen molar-refractivity contribution in [3.05, 3.63) is 35.4 Å². The molecule has 0 fully saturated rings. The van der Waals surface area contributed by atoms with E-state index >= 15 is 0 Å². The zero-order valence-electron chi connectivity index (χ0n) is 11.9. The van der Waals surface area contributed by atoms with Crippen LogP contribution in [0.5, 0.6) is 0 Å². The molecular formula is C16H22N2O.